The van der Waals surface area contributed by atoms with Gasteiger partial charge in [0.2, 0.25) is 5.13 Å². The molecule has 0 spiro atoms. The fraction of sp³-hybridized carbons (Fsp3) is 0.0588. The van der Waals surface area contributed by atoms with Crippen molar-refractivity contribution >= 4 is 40.1 Å². The number of aromatic nitrogens is 1. The van der Waals surface area contributed by atoms with Crippen LogP contribution in [0.2, 0.25) is 5.02 Å². The molecule has 3 rings (SSSR count). The van der Waals surface area contributed by atoms with Gasteiger partial charge in [-0.25, -0.2) is 9.37 Å². The lowest BCUT2D eigenvalue weighted by atomic mass is 10.2. The normalized spacial score (nSPS) is 11.0. The molecule has 8 heteroatoms. The van der Waals surface area contributed by atoms with Crippen molar-refractivity contribution in [2.45, 2.75) is 6.61 Å². The summed E-state index contributed by atoms with van der Waals surface area (Å²) in [4.78, 5) is 4.03. The monoisotopic (exact) mass is 376 g/mol. The lowest BCUT2D eigenvalue weighted by Gasteiger charge is -2.09. The van der Waals surface area contributed by atoms with Crippen molar-refractivity contribution < 1.29 is 9.13 Å². The number of nitrogen functional groups attached to an aromatic ring is 1. The van der Waals surface area contributed by atoms with Crippen molar-refractivity contribution in [3.63, 3.8) is 0 Å². The van der Waals surface area contributed by atoms with Crippen LogP contribution in [0, 0.1) is 5.82 Å². The zero-order valence-electron chi connectivity index (χ0n) is 12.9. The van der Waals surface area contributed by atoms with Gasteiger partial charge in [-0.15, -0.1) is 11.3 Å². The van der Waals surface area contributed by atoms with Gasteiger partial charge in [0.1, 0.15) is 24.0 Å². The maximum absolute atomic E-state index is 13.5. The molecule has 5 nitrogen and oxygen atoms in total. The Balaban J connectivity index is 1.71. The molecule has 0 unspecified atom stereocenters. The molecule has 1 aromatic heterocycles. The number of hydrazone groups is 1. The molecule has 0 saturated heterocycles. The van der Waals surface area contributed by atoms with Crippen molar-refractivity contribution in [3.05, 3.63) is 69.8 Å². The Morgan fingerprint density at radius 3 is 2.96 bits per heavy atom. The average molecular weight is 377 g/mol. The van der Waals surface area contributed by atoms with Gasteiger partial charge in [-0.2, -0.15) is 5.10 Å². The number of benzene rings is 2. The molecule has 25 heavy (non-hydrogen) atoms. The van der Waals surface area contributed by atoms with Crippen molar-refractivity contribution in [1.82, 2.24) is 4.98 Å². The highest BCUT2D eigenvalue weighted by Crippen LogP contribution is 2.21. The largest absolute Gasteiger partial charge is 0.488 e. The summed E-state index contributed by atoms with van der Waals surface area (Å²) < 4.78 is 19.3. The number of hydrogen-bond acceptors (Lipinski definition) is 6. The number of hydrogen-bond donors (Lipinski definition) is 2. The van der Waals surface area contributed by atoms with Gasteiger partial charge in [0.05, 0.1) is 6.21 Å². The van der Waals surface area contributed by atoms with E-state index in [1.165, 1.54) is 29.7 Å². The molecule has 0 aliphatic carbocycles. The third-order valence-electron chi connectivity index (χ3n) is 3.14. The standard InChI is InChI=1S/C17H14ClFN4OS/c18-13-3-1-2-11(6-13)9-24-15-7-14(19)5-4-12(15)8-21-23-17-22-16(20)10-25-17/h1-8,10H,9,20H2,(H,22,23). The molecule has 0 saturated carbocycles. The van der Waals surface area contributed by atoms with Gasteiger partial charge in [-0.05, 0) is 29.8 Å². The highest BCUT2D eigenvalue weighted by Gasteiger charge is 2.05. The third-order valence-corrected chi connectivity index (χ3v) is 4.15. The smallest absolute Gasteiger partial charge is 0.205 e. The number of thiazole rings is 1. The molecule has 128 valence electrons. The van der Waals surface area contributed by atoms with Gasteiger partial charge in [0, 0.05) is 22.0 Å². The average Bonchev–Trinajstić information content (AvgIpc) is 3.00. The van der Waals surface area contributed by atoms with E-state index >= 15 is 0 Å². The molecular formula is C17H14ClFN4OS. The first kappa shape index (κ1) is 17.2. The van der Waals surface area contributed by atoms with Crippen LogP contribution in [0.4, 0.5) is 15.3 Å². The molecule has 1 heterocycles. The summed E-state index contributed by atoms with van der Waals surface area (Å²) in [5.74, 6) is 0.415. The van der Waals surface area contributed by atoms with Gasteiger partial charge in [0.25, 0.3) is 0 Å². The lowest BCUT2D eigenvalue weighted by molar-refractivity contribution is 0.304. The van der Waals surface area contributed by atoms with Gasteiger partial charge in [0.15, 0.2) is 0 Å². The fourth-order valence-electron chi connectivity index (χ4n) is 2.02. The molecule has 0 fully saturated rings. The molecule has 3 N–H and O–H groups in total. The summed E-state index contributed by atoms with van der Waals surface area (Å²) in [5.41, 5.74) is 9.82. The van der Waals surface area contributed by atoms with E-state index in [1.54, 1.807) is 23.6 Å². The fourth-order valence-corrected chi connectivity index (χ4v) is 2.78. The molecule has 0 atom stereocenters. The maximum atomic E-state index is 13.5. The number of halogens is 2. The summed E-state index contributed by atoms with van der Waals surface area (Å²) >= 11 is 7.29. The first-order chi connectivity index (χ1) is 12.1. The lowest BCUT2D eigenvalue weighted by Crippen LogP contribution is -2.00. The van der Waals surface area contributed by atoms with E-state index < -0.39 is 0 Å². The van der Waals surface area contributed by atoms with Crippen molar-refractivity contribution in [2.75, 3.05) is 11.2 Å². The highest BCUT2D eigenvalue weighted by atomic mass is 35.5. The van der Waals surface area contributed by atoms with E-state index in [2.05, 4.69) is 15.5 Å². The molecule has 2 aromatic carbocycles. The number of nitrogens with one attached hydrogen (secondary N) is 1. The summed E-state index contributed by atoms with van der Waals surface area (Å²) in [6.45, 7) is 0.265. The Morgan fingerprint density at radius 2 is 2.20 bits per heavy atom. The zero-order chi connectivity index (χ0) is 17.6. The number of nitrogens with two attached hydrogens (primary N) is 1. The van der Waals surface area contributed by atoms with Crippen LogP contribution < -0.4 is 15.9 Å². The molecular weight excluding hydrogens is 363 g/mol. The summed E-state index contributed by atoms with van der Waals surface area (Å²) in [6.07, 6.45) is 1.53. The number of ether oxygens (including phenoxy) is 1. The molecule has 0 aliphatic heterocycles. The maximum Gasteiger partial charge on any atom is 0.205 e. The second kappa shape index (κ2) is 7.96. The highest BCUT2D eigenvalue weighted by molar-refractivity contribution is 7.14. The predicted octanol–water partition coefficient (Wildman–Crippen LogP) is 4.54. The van der Waals surface area contributed by atoms with E-state index in [-0.39, 0.29) is 12.4 Å². The number of rotatable bonds is 6. The number of anilines is 2. The zero-order valence-corrected chi connectivity index (χ0v) is 14.5. The van der Waals surface area contributed by atoms with Crippen LogP contribution in [0.5, 0.6) is 5.75 Å². The van der Waals surface area contributed by atoms with Crippen molar-refractivity contribution in [2.24, 2.45) is 5.10 Å². The van der Waals surface area contributed by atoms with Crippen LogP contribution in [-0.4, -0.2) is 11.2 Å². The van der Waals surface area contributed by atoms with Gasteiger partial charge >= 0.3 is 0 Å². The van der Waals surface area contributed by atoms with E-state index in [0.717, 1.165) is 5.56 Å². The molecule has 0 radical (unpaired) electrons. The van der Waals surface area contributed by atoms with Crippen LogP contribution in [0.15, 0.2) is 52.9 Å². The van der Waals surface area contributed by atoms with Gasteiger partial charge in [-0.1, -0.05) is 23.7 Å². The molecule has 0 aliphatic rings. The minimum absolute atomic E-state index is 0.265. The number of nitrogens with zero attached hydrogens (tertiary/aromatic N) is 2. The van der Waals surface area contributed by atoms with Crippen LogP contribution >= 0.6 is 22.9 Å². The Morgan fingerprint density at radius 1 is 1.32 bits per heavy atom. The topological polar surface area (TPSA) is 72.5 Å². The van der Waals surface area contributed by atoms with Crippen molar-refractivity contribution in [1.29, 1.82) is 0 Å². The first-order valence-electron chi connectivity index (χ1n) is 7.27. The summed E-state index contributed by atoms with van der Waals surface area (Å²) in [7, 11) is 0. The summed E-state index contributed by atoms with van der Waals surface area (Å²) in [5, 5.41) is 6.97. The Labute approximate surface area is 152 Å². The Kier molecular flexibility index (Phi) is 5.47. The van der Waals surface area contributed by atoms with Gasteiger partial charge in [-0.3, -0.25) is 5.43 Å². The Bertz CT molecular complexity index is 900. The van der Waals surface area contributed by atoms with E-state index in [0.29, 0.717) is 27.3 Å². The molecule has 0 bridgehead atoms. The van der Waals surface area contributed by atoms with Gasteiger partial charge < -0.3 is 10.5 Å². The van der Waals surface area contributed by atoms with E-state index in [4.69, 9.17) is 22.1 Å². The molecule has 0 amide bonds. The summed E-state index contributed by atoms with van der Waals surface area (Å²) in [6, 6.07) is 11.5. The van der Waals surface area contributed by atoms with Crippen LogP contribution in [0.25, 0.3) is 0 Å². The van der Waals surface area contributed by atoms with Crippen LogP contribution in [0.3, 0.4) is 0 Å². The molecule has 3 aromatic rings. The minimum Gasteiger partial charge on any atom is -0.488 e. The van der Waals surface area contributed by atoms with E-state index in [9.17, 15) is 4.39 Å². The minimum atomic E-state index is -0.390. The Hall–Kier alpha value is -2.64. The van der Waals surface area contributed by atoms with Crippen LogP contribution in [0.1, 0.15) is 11.1 Å². The second-order valence-electron chi connectivity index (χ2n) is 5.05. The third kappa shape index (κ3) is 4.91. The quantitative estimate of drug-likeness (QED) is 0.489. The predicted molar refractivity (Wildman–Crippen MR) is 99.9 cm³/mol. The van der Waals surface area contributed by atoms with Crippen molar-refractivity contribution in [3.8, 4) is 5.75 Å². The first-order valence-corrected chi connectivity index (χ1v) is 8.53. The van der Waals surface area contributed by atoms with Crippen LogP contribution in [-0.2, 0) is 6.61 Å². The van der Waals surface area contributed by atoms with E-state index in [1.807, 2.05) is 12.1 Å². The SMILES string of the molecule is Nc1csc(NN=Cc2ccc(F)cc2OCc2cccc(Cl)c2)n1. The second-order valence-corrected chi connectivity index (χ2v) is 6.34.